The maximum Gasteiger partial charge on any atom is 0.306 e. The molecule has 0 N–H and O–H groups in total. The van der Waals surface area contributed by atoms with Gasteiger partial charge < -0.3 is 14.2 Å². The maximum atomic E-state index is 12.9. The first-order chi connectivity index (χ1) is 40.0. The van der Waals surface area contributed by atoms with Crippen molar-refractivity contribution in [3.8, 4) is 0 Å². The van der Waals surface area contributed by atoms with Crippen LogP contribution < -0.4 is 0 Å². The summed E-state index contributed by atoms with van der Waals surface area (Å²) >= 11 is 0. The lowest BCUT2D eigenvalue weighted by molar-refractivity contribution is -0.167. The summed E-state index contributed by atoms with van der Waals surface area (Å²) in [6, 6.07) is 0. The Hall–Kier alpha value is -3.93. The second-order valence-electron chi connectivity index (χ2n) is 22.7. The summed E-state index contributed by atoms with van der Waals surface area (Å²) in [7, 11) is 0. The van der Waals surface area contributed by atoms with E-state index in [1.807, 2.05) is 0 Å². The minimum absolute atomic E-state index is 0.0904. The molecule has 81 heavy (non-hydrogen) atoms. The Morgan fingerprint density at radius 2 is 0.481 bits per heavy atom. The lowest BCUT2D eigenvalue weighted by Crippen LogP contribution is -2.30. The molecule has 0 radical (unpaired) electrons. The molecule has 0 aliphatic rings. The van der Waals surface area contributed by atoms with Crippen molar-refractivity contribution >= 4 is 17.9 Å². The normalized spacial score (nSPS) is 12.8. The van der Waals surface area contributed by atoms with Gasteiger partial charge in [0.05, 0.1) is 0 Å². The number of carbonyl (C=O) groups excluding carboxylic acids is 3. The second-order valence-corrected chi connectivity index (χ2v) is 22.7. The van der Waals surface area contributed by atoms with E-state index >= 15 is 0 Å². The molecule has 6 nitrogen and oxygen atoms in total. The van der Waals surface area contributed by atoms with Gasteiger partial charge in [-0.25, -0.2) is 0 Å². The third-order valence-corrected chi connectivity index (χ3v) is 14.8. The molecule has 0 saturated carbocycles. The Balaban J connectivity index is 4.20. The highest BCUT2D eigenvalue weighted by Gasteiger charge is 2.19. The van der Waals surface area contributed by atoms with E-state index in [9.17, 15) is 14.4 Å². The minimum atomic E-state index is -0.798. The fourth-order valence-electron chi connectivity index (χ4n) is 9.70. The Morgan fingerprint density at radius 1 is 0.259 bits per heavy atom. The standard InChI is InChI=1S/C75H128O6/c1-4-7-10-13-16-19-22-25-28-29-30-31-32-33-34-35-36-37-38-39-40-41-42-43-44-45-48-50-53-56-59-62-65-68-74(77)80-71-72(81-75(78)69-66-63-60-57-54-51-47-27-24-21-18-15-12-9-6-3)70-79-73(76)67-64-61-58-55-52-49-46-26-23-20-17-14-11-8-5-2/h7,9-10,12,16,18-19,21,25,27-28,30-31,33-34,47,54,57,72H,4-6,8,11,13-15,17,20,22-24,26,29,32,35-46,48-53,55-56,58-71H2,1-3H3/b10-7-,12-9-,19-16-,21-18-,28-25-,31-30-,34-33-,47-27-,57-54-. The van der Waals surface area contributed by atoms with Gasteiger partial charge in [0.2, 0.25) is 0 Å². The summed E-state index contributed by atoms with van der Waals surface area (Å²) in [4.78, 5) is 38.3. The van der Waals surface area contributed by atoms with Crippen molar-refractivity contribution in [1.82, 2.24) is 0 Å². The Morgan fingerprint density at radius 3 is 0.778 bits per heavy atom. The van der Waals surface area contributed by atoms with Crippen LogP contribution in [0.15, 0.2) is 109 Å². The SMILES string of the molecule is CC/C=C\C/C=C\C/C=C\C/C=C\C/C=C\CCCCCCCCCCCCCCCCCCCC(=O)OCC(COC(=O)CCCCCCCCCCCCCCCCC)OC(=O)CCCC/C=C\C/C=C\C/C=C\C/C=C\CC. The number of hydrogen-bond donors (Lipinski definition) is 0. The maximum absolute atomic E-state index is 12.9. The predicted molar refractivity (Wildman–Crippen MR) is 353 cm³/mol. The molecule has 0 aromatic heterocycles. The highest BCUT2D eigenvalue weighted by molar-refractivity contribution is 5.71. The Labute approximate surface area is 501 Å². The topological polar surface area (TPSA) is 78.9 Å². The molecule has 0 aromatic rings. The zero-order valence-electron chi connectivity index (χ0n) is 53.3. The molecule has 0 aromatic carbocycles. The van der Waals surface area contributed by atoms with Crippen LogP contribution in [0.5, 0.6) is 0 Å². The Bertz CT molecular complexity index is 1620. The molecule has 0 rings (SSSR count). The molecule has 0 amide bonds. The number of rotatable bonds is 62. The van der Waals surface area contributed by atoms with Crippen molar-refractivity contribution in [2.75, 3.05) is 13.2 Å². The van der Waals surface area contributed by atoms with Crippen molar-refractivity contribution in [3.63, 3.8) is 0 Å². The summed E-state index contributed by atoms with van der Waals surface area (Å²) in [5.74, 6) is -0.918. The number of allylic oxidation sites excluding steroid dienone is 18. The molecular weight excluding hydrogens is 997 g/mol. The fraction of sp³-hybridized carbons (Fsp3) is 0.720. The second kappa shape index (κ2) is 68.6. The van der Waals surface area contributed by atoms with Crippen LogP contribution in [0.1, 0.15) is 329 Å². The number of hydrogen-bond acceptors (Lipinski definition) is 6. The molecule has 0 aliphatic carbocycles. The van der Waals surface area contributed by atoms with Gasteiger partial charge in [-0.1, -0.05) is 316 Å². The highest BCUT2D eigenvalue weighted by atomic mass is 16.6. The van der Waals surface area contributed by atoms with E-state index in [0.29, 0.717) is 19.3 Å². The van der Waals surface area contributed by atoms with Gasteiger partial charge in [-0.3, -0.25) is 14.4 Å². The average Bonchev–Trinajstić information content (AvgIpc) is 3.47. The van der Waals surface area contributed by atoms with E-state index in [-0.39, 0.29) is 37.5 Å². The van der Waals surface area contributed by atoms with Crippen molar-refractivity contribution in [3.05, 3.63) is 109 Å². The highest BCUT2D eigenvalue weighted by Crippen LogP contribution is 2.17. The molecule has 0 heterocycles. The number of carbonyl (C=O) groups is 3. The first kappa shape index (κ1) is 77.1. The zero-order chi connectivity index (χ0) is 58.5. The van der Waals surface area contributed by atoms with Gasteiger partial charge in [-0.2, -0.15) is 0 Å². The molecule has 464 valence electrons. The first-order valence-corrected chi connectivity index (χ1v) is 34.4. The molecule has 0 spiro atoms. The molecule has 0 bridgehead atoms. The smallest absolute Gasteiger partial charge is 0.306 e. The van der Waals surface area contributed by atoms with E-state index < -0.39 is 6.10 Å². The molecule has 0 saturated heterocycles. The van der Waals surface area contributed by atoms with Crippen LogP contribution in [0.3, 0.4) is 0 Å². The van der Waals surface area contributed by atoms with E-state index in [1.54, 1.807) is 0 Å². The van der Waals surface area contributed by atoms with Gasteiger partial charge in [0.1, 0.15) is 13.2 Å². The first-order valence-electron chi connectivity index (χ1n) is 34.4. The summed E-state index contributed by atoms with van der Waals surface area (Å²) in [6.45, 7) is 6.41. The van der Waals surface area contributed by atoms with Crippen LogP contribution in [0.25, 0.3) is 0 Å². The van der Waals surface area contributed by atoms with Crippen LogP contribution in [-0.4, -0.2) is 37.2 Å². The van der Waals surface area contributed by atoms with Gasteiger partial charge in [0.15, 0.2) is 6.10 Å². The third kappa shape index (κ3) is 66.8. The molecular formula is C75H128O6. The van der Waals surface area contributed by atoms with Gasteiger partial charge >= 0.3 is 17.9 Å². The number of ether oxygens (including phenoxy) is 3. The molecule has 1 unspecified atom stereocenters. The molecule has 0 aliphatic heterocycles. The lowest BCUT2D eigenvalue weighted by Gasteiger charge is -2.18. The lowest BCUT2D eigenvalue weighted by atomic mass is 10.0. The predicted octanol–water partition coefficient (Wildman–Crippen LogP) is 23.8. The van der Waals surface area contributed by atoms with Crippen LogP contribution in [0, 0.1) is 0 Å². The van der Waals surface area contributed by atoms with Crippen molar-refractivity contribution in [2.45, 2.75) is 335 Å². The minimum Gasteiger partial charge on any atom is -0.462 e. The fourth-order valence-corrected chi connectivity index (χ4v) is 9.70. The van der Waals surface area contributed by atoms with Crippen molar-refractivity contribution < 1.29 is 28.6 Å². The summed E-state index contributed by atoms with van der Waals surface area (Å²) in [5, 5.41) is 0. The number of unbranched alkanes of at least 4 members (excludes halogenated alkanes) is 33. The van der Waals surface area contributed by atoms with E-state index in [2.05, 4.69) is 130 Å². The quantitative estimate of drug-likeness (QED) is 0.0261. The van der Waals surface area contributed by atoms with Crippen LogP contribution in [-0.2, 0) is 28.6 Å². The van der Waals surface area contributed by atoms with E-state index in [0.717, 1.165) is 109 Å². The Kier molecular flexibility index (Phi) is 65.2. The van der Waals surface area contributed by atoms with Gasteiger partial charge in [-0.05, 0) is 103 Å². The molecule has 1 atom stereocenters. The van der Waals surface area contributed by atoms with Gasteiger partial charge in [-0.15, -0.1) is 0 Å². The zero-order valence-corrected chi connectivity index (χ0v) is 53.3. The molecule has 0 fully saturated rings. The van der Waals surface area contributed by atoms with Gasteiger partial charge in [0, 0.05) is 19.3 Å². The van der Waals surface area contributed by atoms with Crippen LogP contribution in [0.4, 0.5) is 0 Å². The largest absolute Gasteiger partial charge is 0.462 e. The monoisotopic (exact) mass is 1120 g/mol. The third-order valence-electron chi connectivity index (χ3n) is 14.8. The van der Waals surface area contributed by atoms with Crippen LogP contribution in [0.2, 0.25) is 0 Å². The average molecular weight is 1130 g/mol. The summed E-state index contributed by atoms with van der Waals surface area (Å²) in [6.07, 6.45) is 94.1. The number of esters is 3. The van der Waals surface area contributed by atoms with Gasteiger partial charge in [0.25, 0.3) is 0 Å². The summed E-state index contributed by atoms with van der Waals surface area (Å²) in [5.41, 5.74) is 0. The van der Waals surface area contributed by atoms with E-state index in [4.69, 9.17) is 14.2 Å². The van der Waals surface area contributed by atoms with Crippen LogP contribution >= 0.6 is 0 Å². The van der Waals surface area contributed by atoms with Crippen molar-refractivity contribution in [2.24, 2.45) is 0 Å². The van der Waals surface area contributed by atoms with E-state index in [1.165, 1.54) is 173 Å². The van der Waals surface area contributed by atoms with Crippen molar-refractivity contribution in [1.29, 1.82) is 0 Å². The molecule has 6 heteroatoms. The summed E-state index contributed by atoms with van der Waals surface area (Å²) < 4.78 is 16.9.